The second-order valence-corrected chi connectivity index (χ2v) is 5.04. The fraction of sp³-hybridized carbons (Fsp3) is 0.368. The molecule has 2 aromatic rings. The van der Waals surface area contributed by atoms with Gasteiger partial charge in [0.05, 0.1) is 24.1 Å². The summed E-state index contributed by atoms with van der Waals surface area (Å²) in [5.74, 6) is 2.69. The maximum absolute atomic E-state index is 5.72. The molecule has 0 aliphatic heterocycles. The first kappa shape index (κ1) is 18.1. The molecule has 0 bridgehead atoms. The summed E-state index contributed by atoms with van der Waals surface area (Å²) in [4.78, 5) is 0. The summed E-state index contributed by atoms with van der Waals surface area (Å²) in [6.45, 7) is 3.01. The van der Waals surface area contributed by atoms with Crippen LogP contribution in [0.15, 0.2) is 30.5 Å². The number of nitrogens with zero attached hydrogens (tertiary/aromatic N) is 1. The van der Waals surface area contributed by atoms with Gasteiger partial charge < -0.3 is 23.5 Å². The number of aromatic nitrogens is 1. The van der Waals surface area contributed by atoms with Crippen molar-refractivity contribution in [3.8, 4) is 12.3 Å². The van der Waals surface area contributed by atoms with Crippen molar-refractivity contribution in [2.45, 2.75) is 19.8 Å². The van der Waals surface area contributed by atoms with Crippen LogP contribution in [0.25, 0.3) is 17.0 Å². The number of methoxy groups -OCH3 is 2. The highest BCUT2D eigenvalue weighted by molar-refractivity contribution is 5.91. The second-order valence-electron chi connectivity index (χ2n) is 5.04. The molecule has 5 heteroatoms. The lowest BCUT2D eigenvalue weighted by Gasteiger charge is -2.16. The molecule has 0 saturated carbocycles. The van der Waals surface area contributed by atoms with Crippen LogP contribution in [0, 0.1) is 12.3 Å². The molecule has 1 heterocycles. The Morgan fingerprint density at radius 3 is 2.71 bits per heavy atom. The minimum Gasteiger partial charge on any atom is -0.501 e. The summed E-state index contributed by atoms with van der Waals surface area (Å²) in [5.41, 5.74) is 2.82. The van der Waals surface area contributed by atoms with Crippen molar-refractivity contribution < 1.29 is 18.9 Å². The Bertz CT molecular complexity index is 727. The third-order valence-electron chi connectivity index (χ3n) is 3.56. The number of terminal acetylenes is 1. The van der Waals surface area contributed by atoms with E-state index in [1.165, 1.54) is 0 Å². The molecule has 0 aliphatic rings. The monoisotopic (exact) mass is 329 g/mol. The zero-order chi connectivity index (χ0) is 17.4. The van der Waals surface area contributed by atoms with Crippen LogP contribution in [-0.4, -0.2) is 32.2 Å². The van der Waals surface area contributed by atoms with Gasteiger partial charge in [0.2, 0.25) is 0 Å². The third-order valence-corrected chi connectivity index (χ3v) is 3.56. The molecule has 0 spiro atoms. The van der Waals surface area contributed by atoms with Gasteiger partial charge in [0.15, 0.2) is 6.10 Å². The molecule has 0 amide bonds. The molecule has 0 radical (unpaired) electrons. The molecule has 1 unspecified atom stereocenters. The first-order valence-corrected chi connectivity index (χ1v) is 7.73. The fourth-order valence-corrected chi connectivity index (χ4v) is 2.63. The van der Waals surface area contributed by atoms with Gasteiger partial charge >= 0.3 is 0 Å². The molecular formula is C19H23NO4. The van der Waals surface area contributed by atoms with Crippen LogP contribution in [0.5, 0.6) is 0 Å². The molecule has 0 N–H and O–H groups in total. The number of fused-ring (bicyclic) bond motifs is 1. The maximum Gasteiger partial charge on any atom is 0.161 e. The molecule has 0 fully saturated rings. The Morgan fingerprint density at radius 1 is 1.25 bits per heavy atom. The Labute approximate surface area is 142 Å². The average Bonchev–Trinajstić information content (AvgIpc) is 2.91. The third kappa shape index (κ3) is 3.80. The fourth-order valence-electron chi connectivity index (χ4n) is 2.63. The van der Waals surface area contributed by atoms with Crippen LogP contribution < -0.4 is 0 Å². The van der Waals surface area contributed by atoms with E-state index in [2.05, 4.69) is 5.92 Å². The molecular weight excluding hydrogens is 306 g/mol. The molecule has 1 aromatic carbocycles. The van der Waals surface area contributed by atoms with Crippen molar-refractivity contribution in [2.75, 3.05) is 27.6 Å². The molecule has 0 saturated heterocycles. The Morgan fingerprint density at radius 2 is 2.04 bits per heavy atom. The van der Waals surface area contributed by atoms with Gasteiger partial charge in [0.1, 0.15) is 13.5 Å². The van der Waals surface area contributed by atoms with Crippen LogP contribution in [0.4, 0.5) is 0 Å². The first-order chi connectivity index (χ1) is 11.8. The van der Waals surface area contributed by atoms with E-state index in [1.54, 1.807) is 20.5 Å². The van der Waals surface area contributed by atoms with Gasteiger partial charge in [-0.3, -0.25) is 0 Å². The van der Waals surface area contributed by atoms with E-state index >= 15 is 0 Å². The maximum atomic E-state index is 5.72. The lowest BCUT2D eigenvalue weighted by atomic mass is 10.1. The number of hydrogen-bond acceptors (Lipinski definition) is 4. The Kier molecular flexibility index (Phi) is 6.89. The summed E-state index contributed by atoms with van der Waals surface area (Å²) in [5, 5.41) is 1.06. The van der Waals surface area contributed by atoms with Gasteiger partial charge in [-0.05, 0) is 19.1 Å². The zero-order valence-electron chi connectivity index (χ0n) is 14.3. The SMILES string of the molecule is C#CC(OCOC)c1c(/C=C/OCC)c2ccccc2n1COC. The Hall–Kier alpha value is -2.26. The van der Waals surface area contributed by atoms with E-state index in [4.69, 9.17) is 25.4 Å². The normalized spacial score (nSPS) is 12.6. The largest absolute Gasteiger partial charge is 0.501 e. The Balaban J connectivity index is 2.64. The zero-order valence-corrected chi connectivity index (χ0v) is 14.3. The highest BCUT2D eigenvalue weighted by atomic mass is 16.7. The van der Waals surface area contributed by atoms with Gasteiger partial charge in [-0.1, -0.05) is 24.1 Å². The van der Waals surface area contributed by atoms with Gasteiger partial charge in [0, 0.05) is 25.2 Å². The highest BCUT2D eigenvalue weighted by Crippen LogP contribution is 2.33. The van der Waals surface area contributed by atoms with E-state index in [9.17, 15) is 0 Å². The lowest BCUT2D eigenvalue weighted by molar-refractivity contribution is -0.0565. The molecule has 1 atom stereocenters. The van der Waals surface area contributed by atoms with E-state index in [0.717, 1.165) is 22.2 Å². The van der Waals surface area contributed by atoms with Crippen molar-refractivity contribution in [3.63, 3.8) is 0 Å². The van der Waals surface area contributed by atoms with Crippen LogP contribution >= 0.6 is 0 Å². The number of ether oxygens (including phenoxy) is 4. The van der Waals surface area contributed by atoms with E-state index in [-0.39, 0.29) is 6.79 Å². The summed E-state index contributed by atoms with van der Waals surface area (Å²) in [6, 6.07) is 8.04. The van der Waals surface area contributed by atoms with Crippen molar-refractivity contribution in [2.24, 2.45) is 0 Å². The van der Waals surface area contributed by atoms with Crippen molar-refractivity contribution in [3.05, 3.63) is 41.8 Å². The molecule has 5 nitrogen and oxygen atoms in total. The van der Waals surface area contributed by atoms with Gasteiger partial charge in [-0.25, -0.2) is 0 Å². The minimum atomic E-state index is -0.561. The van der Waals surface area contributed by atoms with Gasteiger partial charge in [0.25, 0.3) is 0 Å². The number of benzene rings is 1. The van der Waals surface area contributed by atoms with E-state index in [0.29, 0.717) is 13.3 Å². The standard InChI is InChI=1S/C19H23NO4/c1-5-18(24-14-22-4)19-16(11-12-23-6-2)15-9-7-8-10-17(15)20(19)13-21-3/h1,7-12,18H,6,13-14H2,2-4H3/b12-11+. The number of rotatable bonds is 9. The van der Waals surface area contributed by atoms with E-state index < -0.39 is 6.10 Å². The van der Waals surface area contributed by atoms with Crippen molar-refractivity contribution >= 4 is 17.0 Å². The smallest absolute Gasteiger partial charge is 0.161 e. The van der Waals surface area contributed by atoms with Crippen LogP contribution in [-0.2, 0) is 25.7 Å². The predicted octanol–water partition coefficient (Wildman–Crippen LogP) is 3.55. The van der Waals surface area contributed by atoms with Crippen LogP contribution in [0.1, 0.15) is 24.3 Å². The average molecular weight is 329 g/mol. The minimum absolute atomic E-state index is 0.109. The summed E-state index contributed by atoms with van der Waals surface area (Å²) in [6.07, 6.45) is 8.74. The topological polar surface area (TPSA) is 41.9 Å². The summed E-state index contributed by atoms with van der Waals surface area (Å²) < 4.78 is 23.4. The molecule has 0 aliphatic carbocycles. The first-order valence-electron chi connectivity index (χ1n) is 7.73. The molecule has 1 aromatic heterocycles. The van der Waals surface area contributed by atoms with Gasteiger partial charge in [-0.15, -0.1) is 6.42 Å². The quantitative estimate of drug-likeness (QED) is 0.401. The second kappa shape index (κ2) is 9.14. The van der Waals surface area contributed by atoms with Crippen molar-refractivity contribution in [1.82, 2.24) is 4.57 Å². The van der Waals surface area contributed by atoms with Crippen LogP contribution in [0.3, 0.4) is 0 Å². The summed E-state index contributed by atoms with van der Waals surface area (Å²) >= 11 is 0. The van der Waals surface area contributed by atoms with Crippen LogP contribution in [0.2, 0.25) is 0 Å². The highest BCUT2D eigenvalue weighted by Gasteiger charge is 2.22. The molecule has 128 valence electrons. The van der Waals surface area contributed by atoms with Crippen molar-refractivity contribution in [1.29, 1.82) is 0 Å². The number of hydrogen-bond donors (Lipinski definition) is 0. The number of para-hydroxylation sites is 1. The lowest BCUT2D eigenvalue weighted by Crippen LogP contribution is -2.13. The van der Waals surface area contributed by atoms with E-state index in [1.807, 2.05) is 41.8 Å². The summed E-state index contributed by atoms with van der Waals surface area (Å²) in [7, 11) is 3.21. The predicted molar refractivity (Wildman–Crippen MR) is 94.1 cm³/mol. The molecule has 24 heavy (non-hydrogen) atoms. The molecule has 2 rings (SSSR count). The van der Waals surface area contributed by atoms with Gasteiger partial charge in [-0.2, -0.15) is 0 Å².